The topological polar surface area (TPSA) is 93.1 Å². The average Bonchev–Trinajstić information content (AvgIpc) is 3.17. The SMILES string of the molecule is CCCCS(=O)(=O)N[C@H]1Cc2cc(C(=O)NCc3ccccc3)nn2C1. The number of carbonyl (C=O) groups excluding carboxylic acids is 1. The largest absolute Gasteiger partial charge is 0.347 e. The van der Waals surface area contributed by atoms with Gasteiger partial charge in [-0.05, 0) is 18.1 Å². The van der Waals surface area contributed by atoms with Crippen LogP contribution >= 0.6 is 0 Å². The van der Waals surface area contributed by atoms with Crippen LogP contribution in [0.5, 0.6) is 0 Å². The molecule has 2 N–H and O–H groups in total. The molecule has 0 saturated carbocycles. The van der Waals surface area contributed by atoms with Crippen LogP contribution in [0.2, 0.25) is 0 Å². The molecule has 0 saturated heterocycles. The van der Waals surface area contributed by atoms with E-state index in [1.165, 1.54) is 0 Å². The Balaban J connectivity index is 1.54. The molecule has 0 bridgehead atoms. The molecule has 1 aliphatic rings. The second-order valence-corrected chi connectivity index (χ2v) is 8.44. The van der Waals surface area contributed by atoms with E-state index < -0.39 is 10.0 Å². The molecule has 0 spiro atoms. The van der Waals surface area contributed by atoms with Gasteiger partial charge in [0.2, 0.25) is 10.0 Å². The number of benzene rings is 1. The highest BCUT2D eigenvalue weighted by Gasteiger charge is 2.28. The van der Waals surface area contributed by atoms with Crippen molar-refractivity contribution >= 4 is 15.9 Å². The Kier molecular flexibility index (Phi) is 5.73. The first-order chi connectivity index (χ1) is 12.5. The lowest BCUT2D eigenvalue weighted by molar-refractivity contribution is 0.0945. The number of amides is 1. The van der Waals surface area contributed by atoms with Gasteiger partial charge < -0.3 is 5.32 Å². The minimum atomic E-state index is -3.26. The molecule has 26 heavy (non-hydrogen) atoms. The van der Waals surface area contributed by atoms with Gasteiger partial charge in [0.1, 0.15) is 5.69 Å². The number of fused-ring (bicyclic) bond motifs is 1. The van der Waals surface area contributed by atoms with E-state index >= 15 is 0 Å². The molecule has 0 radical (unpaired) electrons. The Morgan fingerprint density at radius 1 is 1.31 bits per heavy atom. The van der Waals surface area contributed by atoms with Crippen LogP contribution in [-0.2, 0) is 29.5 Å². The summed E-state index contributed by atoms with van der Waals surface area (Å²) in [5.41, 5.74) is 2.26. The summed E-state index contributed by atoms with van der Waals surface area (Å²) >= 11 is 0. The molecular formula is C18H24N4O3S. The third kappa shape index (κ3) is 4.70. The first-order valence-corrected chi connectivity index (χ1v) is 10.5. The summed E-state index contributed by atoms with van der Waals surface area (Å²) in [6, 6.07) is 11.2. The molecule has 1 aromatic carbocycles. The minimum Gasteiger partial charge on any atom is -0.347 e. The summed E-state index contributed by atoms with van der Waals surface area (Å²) < 4.78 is 28.5. The number of hydrogen-bond donors (Lipinski definition) is 2. The van der Waals surface area contributed by atoms with Gasteiger partial charge >= 0.3 is 0 Å². The maximum atomic E-state index is 12.3. The molecule has 140 valence electrons. The summed E-state index contributed by atoms with van der Waals surface area (Å²) in [5.74, 6) is -0.0778. The summed E-state index contributed by atoms with van der Waals surface area (Å²) in [5, 5.41) is 7.17. The normalized spacial score (nSPS) is 16.4. The van der Waals surface area contributed by atoms with Gasteiger partial charge in [-0.15, -0.1) is 0 Å². The van der Waals surface area contributed by atoms with E-state index in [0.29, 0.717) is 31.6 Å². The number of aromatic nitrogens is 2. The zero-order valence-electron chi connectivity index (χ0n) is 14.8. The second-order valence-electron chi connectivity index (χ2n) is 6.56. The monoisotopic (exact) mass is 376 g/mol. The van der Waals surface area contributed by atoms with E-state index in [9.17, 15) is 13.2 Å². The quantitative estimate of drug-likeness (QED) is 0.729. The molecule has 0 aliphatic carbocycles. The third-order valence-electron chi connectivity index (χ3n) is 4.35. The summed E-state index contributed by atoms with van der Waals surface area (Å²) in [6.07, 6.45) is 2.04. The summed E-state index contributed by atoms with van der Waals surface area (Å²) in [6.45, 7) is 2.86. The number of nitrogens with one attached hydrogen (secondary N) is 2. The Labute approximate surface area is 153 Å². The molecule has 1 amide bonds. The molecule has 3 rings (SSSR count). The Hall–Kier alpha value is -2.19. The van der Waals surface area contributed by atoms with E-state index in [2.05, 4.69) is 15.1 Å². The van der Waals surface area contributed by atoms with Crippen molar-refractivity contribution in [3.8, 4) is 0 Å². The third-order valence-corrected chi connectivity index (χ3v) is 5.87. The van der Waals surface area contributed by atoms with E-state index in [1.54, 1.807) is 10.7 Å². The molecule has 0 fully saturated rings. The highest BCUT2D eigenvalue weighted by molar-refractivity contribution is 7.89. The number of carbonyl (C=O) groups is 1. The smallest absolute Gasteiger partial charge is 0.272 e. The highest BCUT2D eigenvalue weighted by Crippen LogP contribution is 2.17. The van der Waals surface area contributed by atoms with E-state index in [0.717, 1.165) is 17.7 Å². The number of nitrogens with zero attached hydrogens (tertiary/aromatic N) is 2. The predicted octanol–water partition coefficient (Wildman–Crippen LogP) is 1.46. The van der Waals surface area contributed by atoms with Crippen LogP contribution in [0.4, 0.5) is 0 Å². The lowest BCUT2D eigenvalue weighted by Crippen LogP contribution is -2.37. The van der Waals surface area contributed by atoms with Gasteiger partial charge in [0, 0.05) is 24.7 Å². The fraction of sp³-hybridized carbons (Fsp3) is 0.444. The molecule has 2 heterocycles. The van der Waals surface area contributed by atoms with Crippen LogP contribution in [-0.4, -0.2) is 35.9 Å². The van der Waals surface area contributed by atoms with E-state index in [1.807, 2.05) is 37.3 Å². The Morgan fingerprint density at radius 3 is 2.77 bits per heavy atom. The number of sulfonamides is 1. The second kappa shape index (κ2) is 8.01. The highest BCUT2D eigenvalue weighted by atomic mass is 32.2. The van der Waals surface area contributed by atoms with Crippen molar-refractivity contribution in [1.82, 2.24) is 19.8 Å². The van der Waals surface area contributed by atoms with Crippen LogP contribution in [0.15, 0.2) is 36.4 Å². The first kappa shape index (κ1) is 18.6. The van der Waals surface area contributed by atoms with Gasteiger partial charge in [0.15, 0.2) is 0 Å². The number of rotatable bonds is 8. The fourth-order valence-electron chi connectivity index (χ4n) is 3.01. The first-order valence-electron chi connectivity index (χ1n) is 8.85. The Morgan fingerprint density at radius 2 is 2.08 bits per heavy atom. The van der Waals surface area contributed by atoms with E-state index in [4.69, 9.17) is 0 Å². The molecule has 7 nitrogen and oxygen atoms in total. The van der Waals surface area contributed by atoms with Crippen molar-refractivity contribution in [2.24, 2.45) is 0 Å². The van der Waals surface area contributed by atoms with Crippen LogP contribution in [0.25, 0.3) is 0 Å². The van der Waals surface area contributed by atoms with Crippen molar-refractivity contribution in [1.29, 1.82) is 0 Å². The average molecular weight is 376 g/mol. The molecule has 1 atom stereocenters. The van der Waals surface area contributed by atoms with Crippen molar-refractivity contribution < 1.29 is 13.2 Å². The molecule has 0 unspecified atom stereocenters. The molecular weight excluding hydrogens is 352 g/mol. The molecule has 1 aromatic heterocycles. The van der Waals surface area contributed by atoms with Crippen LogP contribution in [0.3, 0.4) is 0 Å². The van der Waals surface area contributed by atoms with Gasteiger partial charge in [0.25, 0.3) is 5.91 Å². The zero-order valence-corrected chi connectivity index (χ0v) is 15.6. The lowest BCUT2D eigenvalue weighted by atomic mass is 10.2. The molecule has 8 heteroatoms. The van der Waals surface area contributed by atoms with Crippen LogP contribution in [0, 0.1) is 0 Å². The Bertz CT molecular complexity index is 838. The minimum absolute atomic E-state index is 0.148. The fourth-order valence-corrected chi connectivity index (χ4v) is 4.46. The summed E-state index contributed by atoms with van der Waals surface area (Å²) in [4.78, 5) is 12.3. The van der Waals surface area contributed by atoms with E-state index in [-0.39, 0.29) is 17.7 Å². The lowest BCUT2D eigenvalue weighted by Gasteiger charge is -2.12. The van der Waals surface area contributed by atoms with Crippen molar-refractivity contribution in [2.75, 3.05) is 5.75 Å². The van der Waals surface area contributed by atoms with Crippen molar-refractivity contribution in [3.63, 3.8) is 0 Å². The summed E-state index contributed by atoms with van der Waals surface area (Å²) in [7, 11) is -3.26. The van der Waals surface area contributed by atoms with Gasteiger partial charge in [-0.2, -0.15) is 5.10 Å². The molecule has 2 aromatic rings. The van der Waals surface area contributed by atoms with Crippen molar-refractivity contribution in [2.45, 2.75) is 45.3 Å². The zero-order chi connectivity index (χ0) is 18.6. The standard InChI is InChI=1S/C18H24N4O3S/c1-2-3-9-26(24,25)21-15-10-16-11-17(20-22(16)13-15)18(23)19-12-14-7-5-4-6-8-14/h4-8,11,15,21H,2-3,9-10,12-13H2,1H3,(H,19,23)/t15-/m0/s1. The van der Waals surface area contributed by atoms with Crippen LogP contribution in [0.1, 0.15) is 41.5 Å². The maximum Gasteiger partial charge on any atom is 0.272 e. The van der Waals surface area contributed by atoms with Gasteiger partial charge in [-0.25, -0.2) is 13.1 Å². The van der Waals surface area contributed by atoms with Gasteiger partial charge in [-0.3, -0.25) is 9.48 Å². The molecule has 1 aliphatic heterocycles. The van der Waals surface area contributed by atoms with Gasteiger partial charge in [-0.1, -0.05) is 43.7 Å². The number of unbranched alkanes of at least 4 members (excludes halogenated alkanes) is 1. The maximum absolute atomic E-state index is 12.3. The van der Waals surface area contributed by atoms with Gasteiger partial charge in [0.05, 0.1) is 12.3 Å². The predicted molar refractivity (Wildman–Crippen MR) is 99.2 cm³/mol. The van der Waals surface area contributed by atoms with Crippen molar-refractivity contribution in [3.05, 3.63) is 53.3 Å². The number of hydrogen-bond acceptors (Lipinski definition) is 4. The van der Waals surface area contributed by atoms with Crippen LogP contribution < -0.4 is 10.0 Å².